The highest BCUT2D eigenvalue weighted by molar-refractivity contribution is 5.38. The van der Waals surface area contributed by atoms with Gasteiger partial charge in [-0.1, -0.05) is 0 Å². The van der Waals surface area contributed by atoms with Gasteiger partial charge in [0.25, 0.3) is 5.56 Å². The molecule has 0 aliphatic heterocycles. The topological polar surface area (TPSA) is 92.5 Å². The summed E-state index contributed by atoms with van der Waals surface area (Å²) in [6.45, 7) is 2.77. The first-order chi connectivity index (χ1) is 9.51. The third-order valence-corrected chi connectivity index (χ3v) is 3.57. The molecule has 112 valence electrons. The highest BCUT2D eigenvalue weighted by atomic mass is 16.5. The Morgan fingerprint density at radius 3 is 2.80 bits per heavy atom. The second-order valence-electron chi connectivity index (χ2n) is 5.49. The molecule has 1 aliphatic rings. The summed E-state index contributed by atoms with van der Waals surface area (Å²) < 4.78 is 12.4. The largest absolute Gasteiger partial charge is 0.394 e. The van der Waals surface area contributed by atoms with Gasteiger partial charge >= 0.3 is 0 Å². The Kier molecular flexibility index (Phi) is 4.80. The lowest BCUT2D eigenvalue weighted by molar-refractivity contribution is 0.00499. The lowest BCUT2D eigenvalue weighted by Gasteiger charge is -2.35. The normalized spacial score (nSPS) is 23.4. The van der Waals surface area contributed by atoms with Gasteiger partial charge in [-0.2, -0.15) is 0 Å². The number of nitrogens with zero attached hydrogens (tertiary/aromatic N) is 1. The Balaban J connectivity index is 2.08. The molecule has 0 radical (unpaired) electrons. The van der Waals surface area contributed by atoms with Crippen LogP contribution in [0.1, 0.15) is 31.4 Å². The molecule has 0 aromatic carbocycles. The summed E-state index contributed by atoms with van der Waals surface area (Å²) in [6, 6.07) is 1.84. The van der Waals surface area contributed by atoms with E-state index in [-0.39, 0.29) is 29.4 Å². The molecule has 2 rings (SSSR count). The summed E-state index contributed by atoms with van der Waals surface area (Å²) in [5.41, 5.74) is 12.4. The van der Waals surface area contributed by atoms with Crippen molar-refractivity contribution >= 4 is 5.69 Å². The molecular formula is C14H23N3O3. The van der Waals surface area contributed by atoms with Crippen molar-refractivity contribution in [1.29, 1.82) is 0 Å². The predicted molar refractivity (Wildman–Crippen MR) is 77.5 cm³/mol. The molecule has 6 heteroatoms. The van der Waals surface area contributed by atoms with Crippen LogP contribution in [0.25, 0.3) is 0 Å². The lowest BCUT2D eigenvalue weighted by Crippen LogP contribution is -2.38. The standard InChI is InChI=1S/C14H23N3O3/c1-9(15)7-20-8-10-3-13(16)14(18)17(6-10)11-4-12(5-11)19-2/h3,6,9,11-12H,4-5,7-8,15-16H2,1-2H3/t9-,11?,12?/m1/s1. The van der Waals surface area contributed by atoms with Gasteiger partial charge in [0, 0.05) is 25.4 Å². The molecule has 1 heterocycles. The molecule has 0 spiro atoms. The number of anilines is 1. The summed E-state index contributed by atoms with van der Waals surface area (Å²) in [5, 5.41) is 0. The quantitative estimate of drug-likeness (QED) is 0.798. The average molecular weight is 281 g/mol. The van der Waals surface area contributed by atoms with E-state index in [2.05, 4.69) is 0 Å². The van der Waals surface area contributed by atoms with Crippen LogP contribution in [-0.2, 0) is 16.1 Å². The molecule has 1 aromatic heterocycles. The van der Waals surface area contributed by atoms with Gasteiger partial charge < -0.3 is 25.5 Å². The van der Waals surface area contributed by atoms with Crippen molar-refractivity contribution in [2.75, 3.05) is 19.5 Å². The Bertz CT molecular complexity index is 507. The van der Waals surface area contributed by atoms with Crippen LogP contribution in [0.3, 0.4) is 0 Å². The van der Waals surface area contributed by atoms with Gasteiger partial charge in [-0.15, -0.1) is 0 Å². The summed E-state index contributed by atoms with van der Waals surface area (Å²) in [6.07, 6.45) is 3.77. The zero-order chi connectivity index (χ0) is 14.7. The van der Waals surface area contributed by atoms with E-state index >= 15 is 0 Å². The van der Waals surface area contributed by atoms with Crippen LogP contribution < -0.4 is 17.0 Å². The van der Waals surface area contributed by atoms with Crippen LogP contribution in [0.15, 0.2) is 17.1 Å². The fourth-order valence-electron chi connectivity index (χ4n) is 2.36. The van der Waals surface area contributed by atoms with Crippen molar-refractivity contribution in [1.82, 2.24) is 4.57 Å². The van der Waals surface area contributed by atoms with E-state index in [0.717, 1.165) is 18.4 Å². The molecule has 1 saturated carbocycles. The van der Waals surface area contributed by atoms with Gasteiger partial charge in [-0.05, 0) is 31.4 Å². The third kappa shape index (κ3) is 3.39. The maximum absolute atomic E-state index is 12.1. The number of rotatable bonds is 6. The van der Waals surface area contributed by atoms with Gasteiger partial charge in [0.15, 0.2) is 0 Å². The first-order valence-electron chi connectivity index (χ1n) is 6.88. The number of hydrogen-bond acceptors (Lipinski definition) is 5. The molecule has 1 aromatic rings. The van der Waals surface area contributed by atoms with Crippen molar-refractivity contribution in [3.63, 3.8) is 0 Å². The number of aromatic nitrogens is 1. The maximum atomic E-state index is 12.1. The van der Waals surface area contributed by atoms with Crippen molar-refractivity contribution in [3.8, 4) is 0 Å². The van der Waals surface area contributed by atoms with Crippen LogP contribution in [-0.4, -0.2) is 30.4 Å². The van der Waals surface area contributed by atoms with Crippen molar-refractivity contribution in [2.24, 2.45) is 5.73 Å². The molecule has 6 nitrogen and oxygen atoms in total. The first kappa shape index (κ1) is 15.0. The minimum atomic E-state index is -0.138. The van der Waals surface area contributed by atoms with E-state index in [4.69, 9.17) is 20.9 Å². The highest BCUT2D eigenvalue weighted by Gasteiger charge is 2.31. The average Bonchev–Trinajstić information content (AvgIpc) is 2.33. The summed E-state index contributed by atoms with van der Waals surface area (Å²) in [5.74, 6) is 0. The predicted octanol–water partition coefficient (Wildman–Crippen LogP) is 0.644. The van der Waals surface area contributed by atoms with Crippen LogP contribution >= 0.6 is 0 Å². The van der Waals surface area contributed by atoms with E-state index < -0.39 is 0 Å². The molecule has 20 heavy (non-hydrogen) atoms. The summed E-state index contributed by atoms with van der Waals surface area (Å²) in [7, 11) is 1.69. The molecule has 0 bridgehead atoms. The van der Waals surface area contributed by atoms with Crippen LogP contribution in [0, 0.1) is 0 Å². The molecule has 1 fully saturated rings. The van der Waals surface area contributed by atoms with E-state index in [9.17, 15) is 4.79 Å². The fourth-order valence-corrected chi connectivity index (χ4v) is 2.36. The SMILES string of the molecule is COC1CC(n2cc(COC[C@@H](C)N)cc(N)c2=O)C1. The summed E-state index contributed by atoms with van der Waals surface area (Å²) >= 11 is 0. The first-order valence-corrected chi connectivity index (χ1v) is 6.88. The Morgan fingerprint density at radius 2 is 2.20 bits per heavy atom. The number of ether oxygens (including phenoxy) is 2. The van der Waals surface area contributed by atoms with Gasteiger partial charge in [0.2, 0.25) is 0 Å². The number of nitrogen functional groups attached to an aromatic ring is 1. The van der Waals surface area contributed by atoms with E-state index in [1.807, 2.05) is 13.1 Å². The molecule has 0 unspecified atom stereocenters. The minimum Gasteiger partial charge on any atom is -0.394 e. The molecule has 0 saturated heterocycles. The maximum Gasteiger partial charge on any atom is 0.273 e. The summed E-state index contributed by atoms with van der Waals surface area (Å²) in [4.78, 5) is 12.1. The minimum absolute atomic E-state index is 0.00709. The fraction of sp³-hybridized carbons (Fsp3) is 0.643. The number of methoxy groups -OCH3 is 1. The highest BCUT2D eigenvalue weighted by Crippen LogP contribution is 2.33. The Labute approximate surface area is 118 Å². The smallest absolute Gasteiger partial charge is 0.273 e. The molecule has 0 amide bonds. The van der Waals surface area contributed by atoms with E-state index in [1.165, 1.54) is 0 Å². The van der Waals surface area contributed by atoms with Crippen LogP contribution in [0.5, 0.6) is 0 Å². The second-order valence-corrected chi connectivity index (χ2v) is 5.49. The monoisotopic (exact) mass is 281 g/mol. The van der Waals surface area contributed by atoms with E-state index in [0.29, 0.717) is 13.2 Å². The molecular weight excluding hydrogens is 258 g/mol. The van der Waals surface area contributed by atoms with Crippen molar-refractivity contribution in [2.45, 2.75) is 44.6 Å². The van der Waals surface area contributed by atoms with Crippen LogP contribution in [0.2, 0.25) is 0 Å². The van der Waals surface area contributed by atoms with E-state index in [1.54, 1.807) is 17.7 Å². The van der Waals surface area contributed by atoms with Gasteiger partial charge in [-0.25, -0.2) is 0 Å². The zero-order valence-corrected chi connectivity index (χ0v) is 12.0. The molecule has 1 aliphatic carbocycles. The number of pyridine rings is 1. The Hall–Kier alpha value is -1.37. The van der Waals surface area contributed by atoms with Gasteiger partial charge in [-0.3, -0.25) is 4.79 Å². The lowest BCUT2D eigenvalue weighted by atomic mass is 9.89. The number of hydrogen-bond donors (Lipinski definition) is 2. The molecule has 4 N–H and O–H groups in total. The van der Waals surface area contributed by atoms with Gasteiger partial charge in [0.05, 0.1) is 25.0 Å². The van der Waals surface area contributed by atoms with Gasteiger partial charge in [0.1, 0.15) is 0 Å². The third-order valence-electron chi connectivity index (χ3n) is 3.57. The number of nitrogens with two attached hydrogens (primary N) is 2. The second kappa shape index (κ2) is 6.39. The zero-order valence-electron chi connectivity index (χ0n) is 12.0. The van der Waals surface area contributed by atoms with Crippen molar-refractivity contribution in [3.05, 3.63) is 28.2 Å². The van der Waals surface area contributed by atoms with Crippen LogP contribution in [0.4, 0.5) is 5.69 Å². The van der Waals surface area contributed by atoms with Crippen molar-refractivity contribution < 1.29 is 9.47 Å². The molecule has 1 atom stereocenters. The Morgan fingerprint density at radius 1 is 1.50 bits per heavy atom.